The molecule has 6 nitrogen and oxygen atoms in total. The average Bonchev–Trinajstić information content (AvgIpc) is 3.43. The number of rotatable bonds is 4. The van der Waals surface area contributed by atoms with E-state index in [1.807, 2.05) is 30.7 Å². The molecule has 0 radical (unpaired) electrons. The van der Waals surface area contributed by atoms with Gasteiger partial charge in [-0.1, -0.05) is 12.1 Å². The third-order valence-electron chi connectivity index (χ3n) is 5.64. The van der Waals surface area contributed by atoms with Crippen LogP contribution in [0.5, 0.6) is 5.75 Å². The number of ether oxygens (including phenoxy) is 2. The van der Waals surface area contributed by atoms with E-state index in [2.05, 4.69) is 26.6 Å². The maximum atomic E-state index is 6.32. The zero-order valence-corrected chi connectivity index (χ0v) is 15.4. The standard InChI is InChI=1S/C21H23N3O3/c1-25-18-4-2-3-17(9-18)19-10-22-20-13-27-21(15-24(19)20)6-7-23(14-21)11-16-5-8-26-12-16/h2-5,8-10,12H,6-7,11,13-15H2,1H3. The van der Waals surface area contributed by atoms with E-state index in [0.29, 0.717) is 6.61 Å². The minimum absolute atomic E-state index is 0.148. The summed E-state index contributed by atoms with van der Waals surface area (Å²) in [6.45, 7) is 4.25. The van der Waals surface area contributed by atoms with Gasteiger partial charge in [0.25, 0.3) is 0 Å². The molecule has 0 N–H and O–H groups in total. The van der Waals surface area contributed by atoms with Crippen LogP contribution < -0.4 is 4.74 Å². The number of aromatic nitrogens is 2. The smallest absolute Gasteiger partial charge is 0.135 e. The van der Waals surface area contributed by atoms with Crippen molar-refractivity contribution in [3.8, 4) is 17.0 Å². The van der Waals surface area contributed by atoms with Crippen molar-refractivity contribution in [2.75, 3.05) is 20.2 Å². The molecule has 6 heteroatoms. The molecule has 1 atom stereocenters. The Morgan fingerprint density at radius 2 is 2.22 bits per heavy atom. The maximum Gasteiger partial charge on any atom is 0.135 e. The van der Waals surface area contributed by atoms with Crippen molar-refractivity contribution in [3.05, 3.63) is 60.4 Å². The van der Waals surface area contributed by atoms with E-state index in [1.54, 1.807) is 13.4 Å². The average molecular weight is 365 g/mol. The second-order valence-electron chi connectivity index (χ2n) is 7.44. The lowest BCUT2D eigenvalue weighted by Gasteiger charge is -2.35. The quantitative estimate of drug-likeness (QED) is 0.710. The van der Waals surface area contributed by atoms with Crippen LogP contribution in [0, 0.1) is 0 Å². The van der Waals surface area contributed by atoms with Gasteiger partial charge in [-0.2, -0.15) is 0 Å². The molecule has 140 valence electrons. The van der Waals surface area contributed by atoms with E-state index in [1.165, 1.54) is 5.56 Å². The number of hydrogen-bond donors (Lipinski definition) is 0. The molecule has 2 aliphatic heterocycles. The van der Waals surface area contributed by atoms with Gasteiger partial charge < -0.3 is 18.5 Å². The lowest BCUT2D eigenvalue weighted by Crippen LogP contribution is -2.44. The van der Waals surface area contributed by atoms with Gasteiger partial charge in [-0.25, -0.2) is 4.98 Å². The van der Waals surface area contributed by atoms with Gasteiger partial charge in [0.2, 0.25) is 0 Å². The summed E-state index contributed by atoms with van der Waals surface area (Å²) < 4.78 is 19.2. The first-order chi connectivity index (χ1) is 13.2. The molecule has 0 saturated carbocycles. The summed E-state index contributed by atoms with van der Waals surface area (Å²) in [7, 11) is 1.70. The molecule has 4 heterocycles. The van der Waals surface area contributed by atoms with E-state index in [4.69, 9.17) is 13.9 Å². The summed E-state index contributed by atoms with van der Waals surface area (Å²) in [5.74, 6) is 1.85. The van der Waals surface area contributed by atoms with Crippen LogP contribution in [0.3, 0.4) is 0 Å². The Kier molecular flexibility index (Phi) is 4.02. The highest BCUT2D eigenvalue weighted by Gasteiger charge is 2.43. The first kappa shape index (κ1) is 16.6. The molecule has 0 bridgehead atoms. The fourth-order valence-corrected chi connectivity index (χ4v) is 4.22. The minimum atomic E-state index is -0.148. The molecule has 2 aliphatic rings. The van der Waals surface area contributed by atoms with Crippen molar-refractivity contribution >= 4 is 0 Å². The fraction of sp³-hybridized carbons (Fsp3) is 0.381. The van der Waals surface area contributed by atoms with E-state index in [0.717, 1.165) is 55.4 Å². The van der Waals surface area contributed by atoms with Gasteiger partial charge >= 0.3 is 0 Å². The number of fused-ring (bicyclic) bond motifs is 1. The van der Waals surface area contributed by atoms with Crippen LogP contribution >= 0.6 is 0 Å². The number of nitrogens with zero attached hydrogens (tertiary/aromatic N) is 3. The normalized spacial score (nSPS) is 22.3. The highest BCUT2D eigenvalue weighted by atomic mass is 16.5. The molecule has 1 spiro atoms. The SMILES string of the molecule is COc1cccc(-c2cnc3n2CC2(CCN(Cc4ccoc4)C2)OC3)c1. The van der Waals surface area contributed by atoms with E-state index < -0.39 is 0 Å². The van der Waals surface area contributed by atoms with Gasteiger partial charge in [-0.05, 0) is 24.6 Å². The van der Waals surface area contributed by atoms with E-state index in [9.17, 15) is 0 Å². The number of imidazole rings is 1. The van der Waals surface area contributed by atoms with Crippen LogP contribution in [0.15, 0.2) is 53.5 Å². The summed E-state index contributed by atoms with van der Waals surface area (Å²) in [5, 5.41) is 0. The predicted octanol–water partition coefficient (Wildman–Crippen LogP) is 3.33. The van der Waals surface area contributed by atoms with Gasteiger partial charge in [0.05, 0.1) is 38.1 Å². The van der Waals surface area contributed by atoms with Crippen LogP contribution in [-0.2, 0) is 24.4 Å². The molecular weight excluding hydrogens is 342 g/mol. The van der Waals surface area contributed by atoms with Crippen molar-refractivity contribution in [2.45, 2.75) is 31.7 Å². The molecule has 1 unspecified atom stereocenters. The summed E-state index contributed by atoms with van der Waals surface area (Å²) >= 11 is 0. The van der Waals surface area contributed by atoms with E-state index >= 15 is 0 Å². The molecule has 0 amide bonds. The topological polar surface area (TPSA) is 52.7 Å². The Morgan fingerprint density at radius 3 is 3.07 bits per heavy atom. The van der Waals surface area contributed by atoms with Crippen LogP contribution in [0.1, 0.15) is 17.8 Å². The van der Waals surface area contributed by atoms with Crippen molar-refractivity contribution in [1.82, 2.24) is 14.5 Å². The van der Waals surface area contributed by atoms with Crippen LogP contribution in [-0.4, -0.2) is 40.3 Å². The number of likely N-dealkylation sites (tertiary alicyclic amines) is 1. The Balaban J connectivity index is 1.39. The zero-order chi connectivity index (χ0) is 18.3. The Hall–Kier alpha value is -2.57. The maximum absolute atomic E-state index is 6.32. The Labute approximate surface area is 158 Å². The van der Waals surface area contributed by atoms with Gasteiger partial charge in [0, 0.05) is 30.8 Å². The molecule has 5 rings (SSSR count). The number of furan rings is 1. The predicted molar refractivity (Wildman–Crippen MR) is 100 cm³/mol. The zero-order valence-electron chi connectivity index (χ0n) is 15.4. The van der Waals surface area contributed by atoms with Crippen molar-refractivity contribution in [1.29, 1.82) is 0 Å². The summed E-state index contributed by atoms with van der Waals surface area (Å²) in [6.07, 6.45) is 6.53. The van der Waals surface area contributed by atoms with Crippen molar-refractivity contribution in [3.63, 3.8) is 0 Å². The number of hydrogen-bond acceptors (Lipinski definition) is 5. The lowest BCUT2D eigenvalue weighted by atomic mass is 10.0. The molecule has 1 fully saturated rings. The molecule has 3 aromatic rings. The molecule has 1 saturated heterocycles. The number of methoxy groups -OCH3 is 1. The van der Waals surface area contributed by atoms with Gasteiger partial charge in [-0.3, -0.25) is 4.90 Å². The minimum Gasteiger partial charge on any atom is -0.497 e. The van der Waals surface area contributed by atoms with Crippen LogP contribution in [0.4, 0.5) is 0 Å². The Morgan fingerprint density at radius 1 is 1.26 bits per heavy atom. The van der Waals surface area contributed by atoms with E-state index in [-0.39, 0.29) is 5.60 Å². The lowest BCUT2D eigenvalue weighted by molar-refractivity contribution is -0.0821. The molecule has 0 aliphatic carbocycles. The van der Waals surface area contributed by atoms with Crippen molar-refractivity contribution in [2.24, 2.45) is 0 Å². The summed E-state index contributed by atoms with van der Waals surface area (Å²) in [6, 6.07) is 10.2. The third kappa shape index (κ3) is 3.05. The highest BCUT2D eigenvalue weighted by molar-refractivity contribution is 5.61. The first-order valence-corrected chi connectivity index (χ1v) is 9.31. The van der Waals surface area contributed by atoms with Gasteiger partial charge in [-0.15, -0.1) is 0 Å². The third-order valence-corrected chi connectivity index (χ3v) is 5.64. The molecule has 2 aromatic heterocycles. The largest absolute Gasteiger partial charge is 0.497 e. The first-order valence-electron chi connectivity index (χ1n) is 9.31. The second kappa shape index (κ2) is 6.55. The summed E-state index contributed by atoms with van der Waals surface area (Å²) in [4.78, 5) is 7.04. The van der Waals surface area contributed by atoms with Crippen LogP contribution in [0.2, 0.25) is 0 Å². The molecular formula is C21H23N3O3. The monoisotopic (exact) mass is 365 g/mol. The fourth-order valence-electron chi connectivity index (χ4n) is 4.22. The Bertz CT molecular complexity index is 934. The summed E-state index contributed by atoms with van der Waals surface area (Å²) in [5.41, 5.74) is 3.31. The highest BCUT2D eigenvalue weighted by Crippen LogP contribution is 2.36. The van der Waals surface area contributed by atoms with Gasteiger partial charge in [0.1, 0.15) is 23.8 Å². The molecule has 27 heavy (non-hydrogen) atoms. The van der Waals surface area contributed by atoms with Crippen molar-refractivity contribution < 1.29 is 13.9 Å². The molecule has 1 aromatic carbocycles. The van der Waals surface area contributed by atoms with Gasteiger partial charge in [0.15, 0.2) is 0 Å². The second-order valence-corrected chi connectivity index (χ2v) is 7.44. The van der Waals surface area contributed by atoms with Crippen LogP contribution in [0.25, 0.3) is 11.3 Å². The number of benzene rings is 1.